The van der Waals surface area contributed by atoms with Crippen molar-refractivity contribution in [1.82, 2.24) is 0 Å². The van der Waals surface area contributed by atoms with E-state index in [2.05, 4.69) is 32.0 Å². The van der Waals surface area contributed by atoms with Gasteiger partial charge in [0.05, 0.1) is 0 Å². The number of rotatable bonds is 1. The van der Waals surface area contributed by atoms with Crippen LogP contribution in [0.2, 0.25) is 0 Å². The zero-order chi connectivity index (χ0) is 10.1. The van der Waals surface area contributed by atoms with E-state index in [4.69, 9.17) is 5.73 Å². The number of hydrogen-bond donors (Lipinski definition) is 1. The molecular weight excluding hydrogens is 170 g/mol. The third-order valence-corrected chi connectivity index (χ3v) is 3.16. The van der Waals surface area contributed by atoms with Crippen LogP contribution in [0.5, 0.6) is 0 Å². The van der Waals surface area contributed by atoms with Crippen molar-refractivity contribution < 1.29 is 0 Å². The minimum absolute atomic E-state index is 0.380. The normalized spacial score (nSPS) is 21.0. The highest BCUT2D eigenvalue weighted by Gasteiger charge is 2.15. The molecule has 0 bridgehead atoms. The lowest BCUT2D eigenvalue weighted by atomic mass is 9.86. The quantitative estimate of drug-likeness (QED) is 0.722. The molecule has 1 atom stereocenters. The van der Waals surface area contributed by atoms with E-state index in [0.717, 1.165) is 19.3 Å². The Morgan fingerprint density at radius 1 is 1.29 bits per heavy atom. The fourth-order valence-corrected chi connectivity index (χ4v) is 2.16. The van der Waals surface area contributed by atoms with Crippen molar-refractivity contribution in [2.24, 2.45) is 5.73 Å². The molecule has 1 aromatic rings. The summed E-state index contributed by atoms with van der Waals surface area (Å²) in [6, 6.07) is 7.28. The summed E-state index contributed by atoms with van der Waals surface area (Å²) < 4.78 is 0. The van der Waals surface area contributed by atoms with Crippen LogP contribution in [0.3, 0.4) is 0 Å². The molecule has 14 heavy (non-hydrogen) atoms. The molecule has 1 aromatic carbocycles. The van der Waals surface area contributed by atoms with E-state index in [-0.39, 0.29) is 0 Å². The third kappa shape index (κ3) is 1.83. The summed E-state index contributed by atoms with van der Waals surface area (Å²) in [5, 5.41) is 0. The molecule has 0 aliphatic heterocycles. The fraction of sp³-hybridized carbons (Fsp3) is 0.538. The number of hydrogen-bond acceptors (Lipinski definition) is 1. The van der Waals surface area contributed by atoms with Gasteiger partial charge in [0.2, 0.25) is 0 Å². The van der Waals surface area contributed by atoms with Crippen molar-refractivity contribution in [3.8, 4) is 0 Å². The van der Waals surface area contributed by atoms with Crippen molar-refractivity contribution in [2.75, 3.05) is 0 Å². The van der Waals surface area contributed by atoms with Crippen LogP contribution in [0.4, 0.5) is 0 Å². The Labute approximate surface area is 86.3 Å². The lowest BCUT2D eigenvalue weighted by Gasteiger charge is -2.22. The molecule has 0 saturated carbocycles. The molecule has 1 aliphatic carbocycles. The van der Waals surface area contributed by atoms with E-state index in [9.17, 15) is 0 Å². The largest absolute Gasteiger partial charge is 0.327 e. The summed E-state index contributed by atoms with van der Waals surface area (Å²) in [5.41, 5.74) is 10.4. The summed E-state index contributed by atoms with van der Waals surface area (Å²) in [6.45, 7) is 4.48. The molecule has 0 amide bonds. The summed E-state index contributed by atoms with van der Waals surface area (Å²) in [5.74, 6) is 0.624. The van der Waals surface area contributed by atoms with Crippen LogP contribution >= 0.6 is 0 Å². The number of fused-ring (bicyclic) bond motifs is 1. The Morgan fingerprint density at radius 3 is 2.79 bits per heavy atom. The molecule has 1 aliphatic rings. The van der Waals surface area contributed by atoms with Crippen molar-refractivity contribution in [3.63, 3.8) is 0 Å². The van der Waals surface area contributed by atoms with E-state index < -0.39 is 0 Å². The zero-order valence-electron chi connectivity index (χ0n) is 9.09. The molecule has 0 radical (unpaired) electrons. The van der Waals surface area contributed by atoms with Crippen LogP contribution in [0.25, 0.3) is 0 Å². The molecular formula is C13H19N. The molecule has 76 valence electrons. The minimum atomic E-state index is 0.380. The van der Waals surface area contributed by atoms with Crippen LogP contribution in [-0.2, 0) is 12.8 Å². The van der Waals surface area contributed by atoms with E-state index in [1.165, 1.54) is 16.7 Å². The molecule has 2 rings (SSSR count). The number of benzene rings is 1. The molecule has 2 N–H and O–H groups in total. The van der Waals surface area contributed by atoms with E-state index in [1.807, 2.05) is 0 Å². The molecule has 1 nitrogen and oxygen atoms in total. The Kier molecular flexibility index (Phi) is 2.60. The summed E-state index contributed by atoms with van der Waals surface area (Å²) >= 11 is 0. The summed E-state index contributed by atoms with van der Waals surface area (Å²) in [7, 11) is 0. The fourth-order valence-electron chi connectivity index (χ4n) is 2.16. The van der Waals surface area contributed by atoms with Gasteiger partial charge in [0.25, 0.3) is 0 Å². The first-order valence-corrected chi connectivity index (χ1v) is 5.54. The molecule has 0 fully saturated rings. The van der Waals surface area contributed by atoms with Gasteiger partial charge < -0.3 is 5.73 Å². The monoisotopic (exact) mass is 189 g/mol. The van der Waals surface area contributed by atoms with Gasteiger partial charge in [-0.25, -0.2) is 0 Å². The van der Waals surface area contributed by atoms with E-state index in [0.29, 0.717) is 12.0 Å². The van der Waals surface area contributed by atoms with Gasteiger partial charge in [0.1, 0.15) is 0 Å². The van der Waals surface area contributed by atoms with Gasteiger partial charge in [0, 0.05) is 6.04 Å². The van der Waals surface area contributed by atoms with Crippen molar-refractivity contribution in [2.45, 2.75) is 45.1 Å². The molecule has 0 heterocycles. The first kappa shape index (κ1) is 9.72. The second-order valence-corrected chi connectivity index (χ2v) is 4.69. The maximum Gasteiger partial charge on any atom is 0.00825 e. The Balaban J connectivity index is 2.33. The first-order valence-electron chi connectivity index (χ1n) is 5.54. The lowest BCUT2D eigenvalue weighted by molar-refractivity contribution is 0.575. The average molecular weight is 189 g/mol. The predicted molar refractivity (Wildman–Crippen MR) is 60.5 cm³/mol. The summed E-state index contributed by atoms with van der Waals surface area (Å²) in [4.78, 5) is 0. The van der Waals surface area contributed by atoms with Gasteiger partial charge in [-0.3, -0.25) is 0 Å². The van der Waals surface area contributed by atoms with Gasteiger partial charge >= 0.3 is 0 Å². The number of nitrogens with two attached hydrogens (primary N) is 1. The summed E-state index contributed by atoms with van der Waals surface area (Å²) in [6.07, 6.45) is 3.37. The highest BCUT2D eigenvalue weighted by atomic mass is 14.6. The van der Waals surface area contributed by atoms with Crippen LogP contribution < -0.4 is 5.73 Å². The smallest absolute Gasteiger partial charge is 0.00825 e. The number of aryl methyl sites for hydroxylation is 1. The lowest BCUT2D eigenvalue weighted by Crippen LogP contribution is -2.27. The van der Waals surface area contributed by atoms with Gasteiger partial charge in [-0.2, -0.15) is 0 Å². The second-order valence-electron chi connectivity index (χ2n) is 4.69. The topological polar surface area (TPSA) is 26.0 Å². The minimum Gasteiger partial charge on any atom is -0.327 e. The van der Waals surface area contributed by atoms with Crippen LogP contribution in [0, 0.1) is 0 Å². The molecule has 1 heteroatoms. The van der Waals surface area contributed by atoms with Crippen LogP contribution in [0.1, 0.15) is 42.9 Å². The highest BCUT2D eigenvalue weighted by Crippen LogP contribution is 2.24. The molecule has 0 aromatic heterocycles. The van der Waals surface area contributed by atoms with Crippen LogP contribution in [-0.4, -0.2) is 6.04 Å². The van der Waals surface area contributed by atoms with Crippen molar-refractivity contribution in [1.29, 1.82) is 0 Å². The SMILES string of the molecule is CC(C)c1ccc2c(c1)CC(N)CC2. The highest BCUT2D eigenvalue weighted by molar-refractivity contribution is 5.35. The van der Waals surface area contributed by atoms with Gasteiger partial charge in [0.15, 0.2) is 0 Å². The standard InChI is InChI=1S/C13H19N/c1-9(2)11-4-3-10-5-6-13(14)8-12(10)7-11/h3-4,7,9,13H,5-6,8,14H2,1-2H3. The maximum atomic E-state index is 5.98. The molecule has 0 spiro atoms. The van der Waals surface area contributed by atoms with E-state index >= 15 is 0 Å². The Morgan fingerprint density at radius 2 is 2.07 bits per heavy atom. The predicted octanol–water partition coefficient (Wildman–Crippen LogP) is 2.63. The third-order valence-electron chi connectivity index (χ3n) is 3.16. The average Bonchev–Trinajstić information content (AvgIpc) is 2.16. The Hall–Kier alpha value is -0.820. The maximum absolute atomic E-state index is 5.98. The van der Waals surface area contributed by atoms with Crippen molar-refractivity contribution >= 4 is 0 Å². The van der Waals surface area contributed by atoms with Gasteiger partial charge in [-0.05, 0) is 41.9 Å². The van der Waals surface area contributed by atoms with Gasteiger partial charge in [-0.1, -0.05) is 32.0 Å². The van der Waals surface area contributed by atoms with Crippen LogP contribution in [0.15, 0.2) is 18.2 Å². The first-order chi connectivity index (χ1) is 6.66. The van der Waals surface area contributed by atoms with Gasteiger partial charge in [-0.15, -0.1) is 0 Å². The second kappa shape index (κ2) is 3.74. The zero-order valence-corrected chi connectivity index (χ0v) is 9.09. The van der Waals surface area contributed by atoms with Crippen molar-refractivity contribution in [3.05, 3.63) is 34.9 Å². The Bertz CT molecular complexity index is 328. The van der Waals surface area contributed by atoms with E-state index in [1.54, 1.807) is 0 Å². The molecule has 1 unspecified atom stereocenters. The molecule has 0 saturated heterocycles.